The lowest BCUT2D eigenvalue weighted by molar-refractivity contribution is 0.0944. The highest BCUT2D eigenvalue weighted by atomic mass is 32.1. The molecule has 22 heavy (non-hydrogen) atoms. The number of carbonyl (C=O) groups is 1. The van der Waals surface area contributed by atoms with Gasteiger partial charge in [-0.2, -0.15) is 0 Å². The molecule has 0 spiro atoms. The number of carbonyl (C=O) groups excluding carboxylic acids is 1. The summed E-state index contributed by atoms with van der Waals surface area (Å²) >= 11 is 1.57. The number of aromatic nitrogens is 2. The minimum absolute atomic E-state index is 0.145. The fraction of sp³-hybridized carbons (Fsp3) is 0.250. The first-order valence-electron chi connectivity index (χ1n) is 7.09. The van der Waals surface area contributed by atoms with E-state index >= 15 is 0 Å². The summed E-state index contributed by atoms with van der Waals surface area (Å²) in [6, 6.07) is 10.1. The highest BCUT2D eigenvalue weighted by Gasteiger charge is 2.13. The molecule has 2 heterocycles. The summed E-state index contributed by atoms with van der Waals surface area (Å²) in [7, 11) is 1.65. The van der Waals surface area contributed by atoms with Gasteiger partial charge in [0.1, 0.15) is 5.69 Å². The summed E-state index contributed by atoms with van der Waals surface area (Å²) in [5.41, 5.74) is 1.60. The summed E-state index contributed by atoms with van der Waals surface area (Å²) in [5.74, 6) is -0.145. The molecule has 3 rings (SSSR count). The van der Waals surface area contributed by atoms with Crippen LogP contribution in [0.1, 0.15) is 16.9 Å². The predicted molar refractivity (Wildman–Crippen MR) is 87.3 cm³/mol. The van der Waals surface area contributed by atoms with Crippen molar-refractivity contribution in [2.75, 3.05) is 20.3 Å². The van der Waals surface area contributed by atoms with Crippen molar-refractivity contribution in [1.82, 2.24) is 14.7 Å². The molecule has 0 aliphatic heterocycles. The number of amides is 1. The van der Waals surface area contributed by atoms with Crippen LogP contribution in [0.15, 0.2) is 42.7 Å². The number of imidazole rings is 1. The number of nitrogens with zero attached hydrogens (tertiary/aromatic N) is 2. The van der Waals surface area contributed by atoms with Crippen molar-refractivity contribution in [3.63, 3.8) is 0 Å². The predicted octanol–water partition coefficient (Wildman–Crippen LogP) is 2.83. The van der Waals surface area contributed by atoms with E-state index in [4.69, 9.17) is 4.74 Å². The zero-order valence-electron chi connectivity index (χ0n) is 12.3. The number of fused-ring (bicyclic) bond motifs is 1. The van der Waals surface area contributed by atoms with E-state index in [9.17, 15) is 4.79 Å². The van der Waals surface area contributed by atoms with E-state index in [2.05, 4.69) is 22.4 Å². The molecule has 0 bridgehead atoms. The van der Waals surface area contributed by atoms with E-state index < -0.39 is 0 Å². The first-order valence-corrected chi connectivity index (χ1v) is 7.90. The number of nitrogens with one attached hydrogen (secondary N) is 1. The first kappa shape index (κ1) is 14.7. The molecule has 1 aromatic carbocycles. The van der Waals surface area contributed by atoms with Gasteiger partial charge in [-0.3, -0.25) is 9.20 Å². The molecule has 5 nitrogen and oxygen atoms in total. The summed E-state index contributed by atoms with van der Waals surface area (Å²) in [6.45, 7) is 1.23. The number of thiazole rings is 1. The van der Waals surface area contributed by atoms with Gasteiger partial charge < -0.3 is 10.1 Å². The van der Waals surface area contributed by atoms with Crippen molar-refractivity contribution in [3.8, 4) is 10.4 Å². The second kappa shape index (κ2) is 6.72. The molecule has 0 aliphatic rings. The Balaban J connectivity index is 1.72. The van der Waals surface area contributed by atoms with Crippen LogP contribution in [0.4, 0.5) is 0 Å². The number of methoxy groups -OCH3 is 1. The van der Waals surface area contributed by atoms with E-state index in [1.807, 2.05) is 28.8 Å². The number of benzene rings is 1. The van der Waals surface area contributed by atoms with Crippen LogP contribution < -0.4 is 5.32 Å². The van der Waals surface area contributed by atoms with Crippen molar-refractivity contribution in [2.45, 2.75) is 6.42 Å². The van der Waals surface area contributed by atoms with Crippen LogP contribution in [0.5, 0.6) is 0 Å². The van der Waals surface area contributed by atoms with Crippen LogP contribution in [0, 0.1) is 0 Å². The molecule has 2 aromatic heterocycles. The minimum atomic E-state index is -0.145. The van der Waals surface area contributed by atoms with Gasteiger partial charge in [-0.25, -0.2) is 4.98 Å². The van der Waals surface area contributed by atoms with Crippen molar-refractivity contribution >= 4 is 22.2 Å². The second-order valence-electron chi connectivity index (χ2n) is 4.88. The maximum atomic E-state index is 12.0. The highest BCUT2D eigenvalue weighted by Crippen LogP contribution is 2.28. The summed E-state index contributed by atoms with van der Waals surface area (Å²) < 4.78 is 6.85. The Labute approximate surface area is 132 Å². The Morgan fingerprint density at radius 3 is 2.86 bits per heavy atom. The zero-order valence-corrected chi connectivity index (χ0v) is 13.1. The van der Waals surface area contributed by atoms with Crippen molar-refractivity contribution < 1.29 is 9.53 Å². The van der Waals surface area contributed by atoms with Gasteiger partial charge in [-0.15, -0.1) is 0 Å². The second-order valence-corrected chi connectivity index (χ2v) is 5.89. The van der Waals surface area contributed by atoms with Gasteiger partial charge in [0, 0.05) is 32.7 Å². The molecule has 0 saturated carbocycles. The molecule has 0 radical (unpaired) electrons. The van der Waals surface area contributed by atoms with Gasteiger partial charge in [0.05, 0.1) is 4.88 Å². The lowest BCUT2D eigenvalue weighted by atomic mass is 10.2. The van der Waals surface area contributed by atoms with Gasteiger partial charge in [0.25, 0.3) is 5.91 Å². The van der Waals surface area contributed by atoms with Crippen LogP contribution >= 0.6 is 11.3 Å². The smallest absolute Gasteiger partial charge is 0.271 e. The van der Waals surface area contributed by atoms with Gasteiger partial charge in [0.15, 0.2) is 4.96 Å². The molecule has 6 heteroatoms. The Kier molecular flexibility index (Phi) is 4.50. The van der Waals surface area contributed by atoms with Crippen molar-refractivity contribution in [2.24, 2.45) is 0 Å². The van der Waals surface area contributed by atoms with E-state index in [0.717, 1.165) is 21.8 Å². The van der Waals surface area contributed by atoms with E-state index in [-0.39, 0.29) is 5.91 Å². The highest BCUT2D eigenvalue weighted by molar-refractivity contribution is 7.20. The standard InChI is InChI=1S/C16H17N3O2S/c1-21-9-5-8-17-15(20)13-10-19-11-14(22-16(19)18-13)12-6-3-2-4-7-12/h2-4,6-7,10-11H,5,8-9H2,1H3,(H,17,20). The Hall–Kier alpha value is -2.18. The molecular weight excluding hydrogens is 298 g/mol. The molecule has 114 valence electrons. The minimum Gasteiger partial charge on any atom is -0.385 e. The molecule has 3 aromatic rings. The SMILES string of the molecule is COCCCNC(=O)c1cn2cc(-c3ccccc3)sc2n1. The lowest BCUT2D eigenvalue weighted by Crippen LogP contribution is -2.25. The summed E-state index contributed by atoms with van der Waals surface area (Å²) in [4.78, 5) is 18.4. The Morgan fingerprint density at radius 1 is 1.32 bits per heavy atom. The molecular formula is C16H17N3O2S. The van der Waals surface area contributed by atoms with Crippen molar-refractivity contribution in [3.05, 3.63) is 48.4 Å². The number of rotatable bonds is 6. The third kappa shape index (κ3) is 3.18. The third-order valence-electron chi connectivity index (χ3n) is 3.26. The van der Waals surface area contributed by atoms with Gasteiger partial charge in [-0.1, -0.05) is 41.7 Å². The maximum absolute atomic E-state index is 12.0. The van der Waals surface area contributed by atoms with E-state index in [0.29, 0.717) is 18.8 Å². The van der Waals surface area contributed by atoms with Crippen LogP contribution in [-0.2, 0) is 4.74 Å². The maximum Gasteiger partial charge on any atom is 0.271 e. The molecule has 0 saturated heterocycles. The average molecular weight is 315 g/mol. The molecule has 0 aliphatic carbocycles. The van der Waals surface area contributed by atoms with Gasteiger partial charge >= 0.3 is 0 Å². The van der Waals surface area contributed by atoms with Crippen LogP contribution in [0.25, 0.3) is 15.4 Å². The zero-order chi connectivity index (χ0) is 15.4. The molecule has 0 atom stereocenters. The average Bonchev–Trinajstić information content (AvgIpc) is 3.11. The summed E-state index contributed by atoms with van der Waals surface area (Å²) in [5, 5.41) is 2.84. The molecule has 1 amide bonds. The topological polar surface area (TPSA) is 55.6 Å². The number of hydrogen-bond donors (Lipinski definition) is 1. The molecule has 1 N–H and O–H groups in total. The van der Waals surface area contributed by atoms with Crippen molar-refractivity contribution in [1.29, 1.82) is 0 Å². The van der Waals surface area contributed by atoms with Crippen LogP contribution in [0.3, 0.4) is 0 Å². The van der Waals surface area contributed by atoms with Crippen LogP contribution in [-0.4, -0.2) is 35.6 Å². The first-order chi connectivity index (χ1) is 10.8. The number of hydrogen-bond acceptors (Lipinski definition) is 4. The fourth-order valence-corrected chi connectivity index (χ4v) is 3.12. The van der Waals surface area contributed by atoms with E-state index in [1.165, 1.54) is 0 Å². The monoisotopic (exact) mass is 315 g/mol. The Bertz CT molecular complexity index is 733. The largest absolute Gasteiger partial charge is 0.385 e. The van der Waals surface area contributed by atoms with E-state index in [1.54, 1.807) is 24.6 Å². The number of ether oxygens (including phenoxy) is 1. The normalized spacial score (nSPS) is 11.0. The summed E-state index contributed by atoms with van der Waals surface area (Å²) in [6.07, 6.45) is 4.57. The van der Waals surface area contributed by atoms with Gasteiger partial charge in [0.2, 0.25) is 0 Å². The molecule has 0 unspecified atom stereocenters. The lowest BCUT2D eigenvalue weighted by Gasteiger charge is -2.01. The quantitative estimate of drug-likeness (QED) is 0.712. The molecule has 0 fully saturated rings. The van der Waals surface area contributed by atoms with Crippen LogP contribution in [0.2, 0.25) is 0 Å². The van der Waals surface area contributed by atoms with Gasteiger partial charge in [-0.05, 0) is 12.0 Å². The Morgan fingerprint density at radius 2 is 2.14 bits per heavy atom. The fourth-order valence-electron chi connectivity index (χ4n) is 2.15. The third-order valence-corrected chi connectivity index (χ3v) is 4.30.